The molecule has 82 valence electrons. The van der Waals surface area contributed by atoms with Crippen LogP contribution in [-0.2, 0) is 5.41 Å². The van der Waals surface area contributed by atoms with Crippen molar-refractivity contribution < 1.29 is 4.74 Å². The second-order valence-corrected chi connectivity index (χ2v) is 4.93. The van der Waals surface area contributed by atoms with Crippen LogP contribution in [0, 0.1) is 0 Å². The minimum Gasteiger partial charge on any atom is -0.490 e. The van der Waals surface area contributed by atoms with Crippen LogP contribution in [0.3, 0.4) is 0 Å². The molecule has 0 unspecified atom stereocenters. The van der Waals surface area contributed by atoms with Gasteiger partial charge in [-0.15, -0.1) is 0 Å². The topological polar surface area (TPSA) is 35.2 Å². The van der Waals surface area contributed by atoms with Crippen LogP contribution in [0.4, 0.5) is 0 Å². The number of nitrogens with two attached hydrogens (primary N) is 1. The predicted molar refractivity (Wildman–Crippen MR) is 62.2 cm³/mol. The Morgan fingerprint density at radius 1 is 1.40 bits per heavy atom. The molecule has 0 atom stereocenters. The van der Waals surface area contributed by atoms with Crippen LogP contribution in [0.25, 0.3) is 0 Å². The Bertz CT molecular complexity index is 342. The van der Waals surface area contributed by atoms with E-state index in [0.717, 1.165) is 5.75 Å². The molecular weight excluding hydrogens is 186 g/mol. The molecule has 0 spiro atoms. The third-order valence-electron chi connectivity index (χ3n) is 2.95. The van der Waals surface area contributed by atoms with E-state index in [-0.39, 0.29) is 5.41 Å². The van der Waals surface area contributed by atoms with Crippen LogP contribution in [0.1, 0.15) is 32.3 Å². The quantitative estimate of drug-likeness (QED) is 0.819. The molecule has 1 aromatic carbocycles. The van der Waals surface area contributed by atoms with Gasteiger partial charge in [-0.1, -0.05) is 26.0 Å². The van der Waals surface area contributed by atoms with E-state index >= 15 is 0 Å². The molecule has 1 aliphatic carbocycles. The first kappa shape index (κ1) is 10.5. The van der Waals surface area contributed by atoms with Crippen molar-refractivity contribution >= 4 is 0 Å². The maximum absolute atomic E-state index is 5.76. The van der Waals surface area contributed by atoms with Crippen molar-refractivity contribution in [2.75, 3.05) is 6.54 Å². The summed E-state index contributed by atoms with van der Waals surface area (Å²) in [6.45, 7) is 4.96. The van der Waals surface area contributed by atoms with Crippen molar-refractivity contribution in [3.8, 4) is 5.75 Å². The average molecular weight is 205 g/mol. The van der Waals surface area contributed by atoms with Gasteiger partial charge >= 0.3 is 0 Å². The van der Waals surface area contributed by atoms with Gasteiger partial charge in [-0.25, -0.2) is 0 Å². The maximum Gasteiger partial charge on any atom is 0.120 e. The lowest BCUT2D eigenvalue weighted by Crippen LogP contribution is -2.28. The fourth-order valence-electron chi connectivity index (χ4n) is 1.49. The highest BCUT2D eigenvalue weighted by Gasteiger charge is 2.24. The normalized spacial score (nSPS) is 16.5. The third-order valence-corrected chi connectivity index (χ3v) is 2.95. The van der Waals surface area contributed by atoms with E-state index in [9.17, 15) is 0 Å². The molecule has 1 saturated carbocycles. The van der Waals surface area contributed by atoms with Gasteiger partial charge < -0.3 is 10.5 Å². The van der Waals surface area contributed by atoms with Gasteiger partial charge in [0.25, 0.3) is 0 Å². The second kappa shape index (κ2) is 3.86. The van der Waals surface area contributed by atoms with Crippen LogP contribution in [0.2, 0.25) is 0 Å². The van der Waals surface area contributed by atoms with Gasteiger partial charge in [0.05, 0.1) is 6.10 Å². The highest BCUT2D eigenvalue weighted by Crippen LogP contribution is 2.30. The third kappa shape index (κ3) is 2.51. The van der Waals surface area contributed by atoms with E-state index in [2.05, 4.69) is 26.0 Å². The molecule has 15 heavy (non-hydrogen) atoms. The Hall–Kier alpha value is -1.02. The van der Waals surface area contributed by atoms with Gasteiger partial charge in [0, 0.05) is 12.0 Å². The predicted octanol–water partition coefficient (Wildman–Crippen LogP) is 2.46. The standard InChI is InChI=1S/C13H19NO/c1-13(2,9-14)10-4-3-5-12(8-10)15-11-6-7-11/h3-5,8,11H,6-7,9,14H2,1-2H3. The van der Waals surface area contributed by atoms with Crippen LogP contribution in [0.15, 0.2) is 24.3 Å². The minimum atomic E-state index is 0.0307. The second-order valence-electron chi connectivity index (χ2n) is 4.93. The van der Waals surface area contributed by atoms with Crippen LogP contribution < -0.4 is 10.5 Å². The van der Waals surface area contributed by atoms with Gasteiger partial charge in [-0.05, 0) is 30.5 Å². The summed E-state index contributed by atoms with van der Waals surface area (Å²) in [5, 5.41) is 0. The molecule has 0 aliphatic heterocycles. The fourth-order valence-corrected chi connectivity index (χ4v) is 1.49. The lowest BCUT2D eigenvalue weighted by atomic mass is 9.85. The van der Waals surface area contributed by atoms with E-state index in [1.54, 1.807) is 0 Å². The molecule has 0 amide bonds. The molecule has 0 radical (unpaired) electrons. The van der Waals surface area contributed by atoms with E-state index in [1.807, 2.05) is 12.1 Å². The largest absolute Gasteiger partial charge is 0.490 e. The highest BCUT2D eigenvalue weighted by atomic mass is 16.5. The lowest BCUT2D eigenvalue weighted by molar-refractivity contribution is 0.302. The molecule has 0 bridgehead atoms. The first-order valence-electron chi connectivity index (χ1n) is 5.59. The zero-order chi connectivity index (χ0) is 10.9. The van der Waals surface area contributed by atoms with E-state index < -0.39 is 0 Å². The first-order valence-corrected chi connectivity index (χ1v) is 5.59. The van der Waals surface area contributed by atoms with Crippen molar-refractivity contribution in [1.82, 2.24) is 0 Å². The molecule has 1 aromatic rings. The Balaban J connectivity index is 2.17. The summed E-state index contributed by atoms with van der Waals surface area (Å²) in [5.74, 6) is 0.983. The Labute approximate surface area is 91.4 Å². The van der Waals surface area contributed by atoms with Gasteiger partial charge in [-0.2, -0.15) is 0 Å². The SMILES string of the molecule is CC(C)(CN)c1cccc(OC2CC2)c1. The van der Waals surface area contributed by atoms with Crippen LogP contribution in [-0.4, -0.2) is 12.6 Å². The molecule has 1 fully saturated rings. The number of rotatable bonds is 4. The molecule has 0 saturated heterocycles. The molecule has 2 rings (SSSR count). The van der Waals surface area contributed by atoms with Crippen LogP contribution in [0.5, 0.6) is 5.75 Å². The highest BCUT2D eigenvalue weighted by molar-refractivity contribution is 5.33. The number of hydrogen-bond acceptors (Lipinski definition) is 2. The van der Waals surface area contributed by atoms with Gasteiger partial charge in [-0.3, -0.25) is 0 Å². The van der Waals surface area contributed by atoms with Crippen LogP contribution >= 0.6 is 0 Å². The van der Waals surface area contributed by atoms with Crippen molar-refractivity contribution in [2.45, 2.75) is 38.2 Å². The van der Waals surface area contributed by atoms with Crippen molar-refractivity contribution in [3.05, 3.63) is 29.8 Å². The summed E-state index contributed by atoms with van der Waals surface area (Å²) in [7, 11) is 0. The summed E-state index contributed by atoms with van der Waals surface area (Å²) >= 11 is 0. The summed E-state index contributed by atoms with van der Waals surface area (Å²) in [6.07, 6.45) is 2.86. The Kier molecular flexibility index (Phi) is 2.70. The van der Waals surface area contributed by atoms with Crippen molar-refractivity contribution in [2.24, 2.45) is 5.73 Å². The molecule has 0 aromatic heterocycles. The molecule has 2 nitrogen and oxygen atoms in total. The van der Waals surface area contributed by atoms with Gasteiger partial charge in [0.1, 0.15) is 5.75 Å². The average Bonchev–Trinajstić information content (AvgIpc) is 3.02. The lowest BCUT2D eigenvalue weighted by Gasteiger charge is -2.23. The number of hydrogen-bond donors (Lipinski definition) is 1. The maximum atomic E-state index is 5.76. The zero-order valence-corrected chi connectivity index (χ0v) is 9.49. The van der Waals surface area contributed by atoms with E-state index in [4.69, 9.17) is 10.5 Å². The van der Waals surface area contributed by atoms with Gasteiger partial charge in [0.2, 0.25) is 0 Å². The molecular formula is C13H19NO. The zero-order valence-electron chi connectivity index (χ0n) is 9.49. The molecule has 1 aliphatic rings. The Morgan fingerprint density at radius 2 is 2.13 bits per heavy atom. The summed E-state index contributed by atoms with van der Waals surface area (Å²) in [4.78, 5) is 0. The molecule has 2 N–H and O–H groups in total. The number of ether oxygens (including phenoxy) is 1. The molecule has 2 heteroatoms. The Morgan fingerprint density at radius 3 is 2.73 bits per heavy atom. The summed E-state index contributed by atoms with van der Waals surface area (Å²) in [6, 6.07) is 8.30. The molecule has 0 heterocycles. The van der Waals surface area contributed by atoms with E-state index in [1.165, 1.54) is 18.4 Å². The van der Waals surface area contributed by atoms with Crippen molar-refractivity contribution in [3.63, 3.8) is 0 Å². The minimum absolute atomic E-state index is 0.0307. The van der Waals surface area contributed by atoms with Crippen molar-refractivity contribution in [1.29, 1.82) is 0 Å². The smallest absolute Gasteiger partial charge is 0.120 e. The van der Waals surface area contributed by atoms with E-state index in [0.29, 0.717) is 12.6 Å². The monoisotopic (exact) mass is 205 g/mol. The summed E-state index contributed by atoms with van der Waals surface area (Å²) in [5.41, 5.74) is 7.04. The number of benzene rings is 1. The first-order chi connectivity index (χ1) is 7.12. The van der Waals surface area contributed by atoms with Gasteiger partial charge in [0.15, 0.2) is 0 Å². The fraction of sp³-hybridized carbons (Fsp3) is 0.538. The summed E-state index contributed by atoms with van der Waals surface area (Å²) < 4.78 is 5.76.